The monoisotopic (exact) mass is 458 g/mol. The Hall–Kier alpha value is -3.31. The first kappa shape index (κ1) is 23.8. The number of carbonyl (C=O) groups excluding carboxylic acids is 1. The van der Waals surface area contributed by atoms with Crippen LogP contribution in [-0.2, 0) is 13.2 Å². The van der Waals surface area contributed by atoms with E-state index in [1.54, 1.807) is 6.07 Å². The van der Waals surface area contributed by atoms with Gasteiger partial charge in [-0.2, -0.15) is 0 Å². The predicted octanol–water partition coefficient (Wildman–Crippen LogP) is 5.45. The predicted molar refractivity (Wildman–Crippen MR) is 135 cm³/mol. The molecule has 1 fully saturated rings. The zero-order valence-corrected chi connectivity index (χ0v) is 19.7. The molecule has 5 heteroatoms. The van der Waals surface area contributed by atoms with E-state index in [1.165, 1.54) is 32.4 Å². The Bertz CT molecular complexity index is 1020. The van der Waals surface area contributed by atoms with Crippen LogP contribution < -0.4 is 14.8 Å². The molecule has 0 saturated carbocycles. The summed E-state index contributed by atoms with van der Waals surface area (Å²) in [5.41, 5.74) is 2.66. The lowest BCUT2D eigenvalue weighted by molar-refractivity contribution is 0.0946. The summed E-state index contributed by atoms with van der Waals surface area (Å²) in [4.78, 5) is 15.5. The summed E-state index contributed by atoms with van der Waals surface area (Å²) < 4.78 is 12.1. The van der Waals surface area contributed by atoms with Crippen LogP contribution in [0.4, 0.5) is 0 Å². The van der Waals surface area contributed by atoms with Gasteiger partial charge < -0.3 is 19.7 Å². The second-order valence-electron chi connectivity index (χ2n) is 8.72. The number of hydrogen-bond acceptors (Lipinski definition) is 4. The molecule has 3 aromatic carbocycles. The van der Waals surface area contributed by atoms with Gasteiger partial charge in [0.25, 0.3) is 5.91 Å². The van der Waals surface area contributed by atoms with Gasteiger partial charge in [-0.05, 0) is 62.2 Å². The standard InChI is InChI=1S/C29H34N2O3/c32-29(30-17-10-20-31-18-8-3-9-19-31)27-16-15-26(33-22-24-11-4-1-5-12-24)21-28(27)34-23-25-13-6-2-7-14-25/h1-2,4-7,11-16,21H,3,8-10,17-20,22-23H2,(H,30,32). The number of nitrogens with zero attached hydrogens (tertiary/aromatic N) is 1. The van der Waals surface area contributed by atoms with Gasteiger partial charge in [0.15, 0.2) is 0 Å². The van der Waals surface area contributed by atoms with Crippen molar-refractivity contribution >= 4 is 5.91 Å². The molecule has 3 aromatic rings. The van der Waals surface area contributed by atoms with Crippen molar-refractivity contribution in [3.63, 3.8) is 0 Å². The summed E-state index contributed by atoms with van der Waals surface area (Å²) in [5.74, 6) is 1.09. The Labute approximate surface area is 202 Å². The van der Waals surface area contributed by atoms with Gasteiger partial charge in [0, 0.05) is 12.6 Å². The highest BCUT2D eigenvalue weighted by molar-refractivity contribution is 5.97. The highest BCUT2D eigenvalue weighted by Crippen LogP contribution is 2.27. The Kier molecular flexibility index (Phi) is 8.98. The molecule has 0 aromatic heterocycles. The van der Waals surface area contributed by atoms with Crippen LogP contribution >= 0.6 is 0 Å². The van der Waals surface area contributed by atoms with Crippen LogP contribution in [0.2, 0.25) is 0 Å². The van der Waals surface area contributed by atoms with Crippen LogP contribution in [0.1, 0.15) is 47.2 Å². The summed E-state index contributed by atoms with van der Waals surface area (Å²) in [7, 11) is 0. The Balaban J connectivity index is 1.38. The Morgan fingerprint density at radius 1 is 0.794 bits per heavy atom. The highest BCUT2D eigenvalue weighted by atomic mass is 16.5. The van der Waals surface area contributed by atoms with Crippen LogP contribution in [0.3, 0.4) is 0 Å². The van der Waals surface area contributed by atoms with Crippen molar-refractivity contribution in [1.29, 1.82) is 0 Å². The minimum Gasteiger partial charge on any atom is -0.489 e. The molecule has 0 atom stereocenters. The van der Waals surface area contributed by atoms with Gasteiger partial charge >= 0.3 is 0 Å². The zero-order valence-electron chi connectivity index (χ0n) is 19.7. The van der Waals surface area contributed by atoms with Gasteiger partial charge in [0.2, 0.25) is 0 Å². The summed E-state index contributed by atoms with van der Waals surface area (Å²) in [6, 6.07) is 25.4. The average molecular weight is 459 g/mol. The molecule has 1 amide bonds. The van der Waals surface area contributed by atoms with E-state index >= 15 is 0 Å². The number of ether oxygens (including phenoxy) is 2. The quantitative estimate of drug-likeness (QED) is 0.388. The number of likely N-dealkylation sites (tertiary alicyclic amines) is 1. The van der Waals surface area contributed by atoms with Crippen LogP contribution in [0.25, 0.3) is 0 Å². The lowest BCUT2D eigenvalue weighted by Gasteiger charge is -2.26. The van der Waals surface area contributed by atoms with Crippen molar-refractivity contribution < 1.29 is 14.3 Å². The molecule has 34 heavy (non-hydrogen) atoms. The lowest BCUT2D eigenvalue weighted by atomic mass is 10.1. The lowest BCUT2D eigenvalue weighted by Crippen LogP contribution is -2.33. The fourth-order valence-corrected chi connectivity index (χ4v) is 4.16. The Morgan fingerprint density at radius 3 is 2.12 bits per heavy atom. The first-order chi connectivity index (χ1) is 16.8. The van der Waals surface area contributed by atoms with Gasteiger partial charge in [-0.25, -0.2) is 0 Å². The number of carbonyl (C=O) groups is 1. The second kappa shape index (κ2) is 12.8. The molecular weight excluding hydrogens is 424 g/mol. The molecule has 1 aliphatic rings. The smallest absolute Gasteiger partial charge is 0.255 e. The SMILES string of the molecule is O=C(NCCCN1CCCCC1)c1ccc(OCc2ccccc2)cc1OCc1ccccc1. The molecule has 1 heterocycles. The normalized spacial score (nSPS) is 13.9. The van der Waals surface area contributed by atoms with Gasteiger partial charge in [-0.3, -0.25) is 4.79 Å². The van der Waals surface area contributed by atoms with E-state index in [9.17, 15) is 4.79 Å². The van der Waals surface area contributed by atoms with Crippen LogP contribution in [0.15, 0.2) is 78.9 Å². The van der Waals surface area contributed by atoms with E-state index in [1.807, 2.05) is 72.8 Å². The minimum atomic E-state index is -0.115. The van der Waals surface area contributed by atoms with Crippen molar-refractivity contribution in [3.8, 4) is 11.5 Å². The number of amides is 1. The molecule has 1 aliphatic heterocycles. The van der Waals surface area contributed by atoms with E-state index in [4.69, 9.17) is 9.47 Å². The number of rotatable bonds is 11. The summed E-state index contributed by atoms with van der Waals surface area (Å²) in [5, 5.41) is 3.07. The van der Waals surface area contributed by atoms with Crippen molar-refractivity contribution in [1.82, 2.24) is 10.2 Å². The number of benzene rings is 3. The Morgan fingerprint density at radius 2 is 1.44 bits per heavy atom. The largest absolute Gasteiger partial charge is 0.489 e. The average Bonchev–Trinajstić information content (AvgIpc) is 2.90. The second-order valence-corrected chi connectivity index (χ2v) is 8.72. The molecule has 1 saturated heterocycles. The van der Waals surface area contributed by atoms with Gasteiger partial charge in [-0.1, -0.05) is 67.1 Å². The van der Waals surface area contributed by atoms with Gasteiger partial charge in [-0.15, -0.1) is 0 Å². The maximum absolute atomic E-state index is 13.0. The topological polar surface area (TPSA) is 50.8 Å². The van der Waals surface area contributed by atoms with E-state index in [0.717, 1.165) is 24.1 Å². The van der Waals surface area contributed by atoms with E-state index < -0.39 is 0 Å². The van der Waals surface area contributed by atoms with Gasteiger partial charge in [0.05, 0.1) is 5.56 Å². The molecule has 0 bridgehead atoms. The fourth-order valence-electron chi connectivity index (χ4n) is 4.16. The molecule has 4 rings (SSSR count). The van der Waals surface area contributed by atoms with Crippen LogP contribution in [-0.4, -0.2) is 37.0 Å². The van der Waals surface area contributed by atoms with Gasteiger partial charge in [0.1, 0.15) is 24.7 Å². The third-order valence-corrected chi connectivity index (χ3v) is 6.07. The molecule has 5 nitrogen and oxygen atoms in total. The van der Waals surface area contributed by atoms with Crippen LogP contribution in [0.5, 0.6) is 11.5 Å². The van der Waals surface area contributed by atoms with E-state index in [2.05, 4.69) is 10.2 Å². The van der Waals surface area contributed by atoms with E-state index in [-0.39, 0.29) is 5.91 Å². The summed E-state index contributed by atoms with van der Waals surface area (Å²) in [6.45, 7) is 4.88. The van der Waals surface area contributed by atoms with E-state index in [0.29, 0.717) is 36.8 Å². The molecule has 1 N–H and O–H groups in total. The molecule has 0 spiro atoms. The van der Waals surface area contributed by atoms with Crippen LogP contribution in [0, 0.1) is 0 Å². The molecule has 0 radical (unpaired) electrons. The number of nitrogens with one attached hydrogen (secondary N) is 1. The molecule has 0 aliphatic carbocycles. The maximum Gasteiger partial charge on any atom is 0.255 e. The third-order valence-electron chi connectivity index (χ3n) is 6.07. The first-order valence-corrected chi connectivity index (χ1v) is 12.3. The number of hydrogen-bond donors (Lipinski definition) is 1. The van der Waals surface area contributed by atoms with Crippen molar-refractivity contribution in [2.75, 3.05) is 26.2 Å². The van der Waals surface area contributed by atoms with Crippen molar-refractivity contribution in [2.45, 2.75) is 38.9 Å². The fraction of sp³-hybridized carbons (Fsp3) is 0.345. The maximum atomic E-state index is 13.0. The highest BCUT2D eigenvalue weighted by Gasteiger charge is 2.15. The molecule has 0 unspecified atom stereocenters. The minimum absolute atomic E-state index is 0.115. The van der Waals surface area contributed by atoms with Crippen molar-refractivity contribution in [2.24, 2.45) is 0 Å². The first-order valence-electron chi connectivity index (χ1n) is 12.3. The molecular formula is C29H34N2O3. The zero-order chi connectivity index (χ0) is 23.4. The number of piperidine rings is 1. The third kappa shape index (κ3) is 7.35. The summed E-state index contributed by atoms with van der Waals surface area (Å²) in [6.07, 6.45) is 4.86. The summed E-state index contributed by atoms with van der Waals surface area (Å²) >= 11 is 0. The molecule has 178 valence electrons. The van der Waals surface area contributed by atoms with Crippen molar-refractivity contribution in [3.05, 3.63) is 95.6 Å².